The third-order valence-electron chi connectivity index (χ3n) is 2.92. The minimum atomic E-state index is -4.31. The summed E-state index contributed by atoms with van der Waals surface area (Å²) in [4.78, 5) is 0. The fourth-order valence-corrected chi connectivity index (χ4v) is 2.18. The van der Waals surface area contributed by atoms with Gasteiger partial charge in [0.05, 0.1) is 5.56 Å². The van der Waals surface area contributed by atoms with Crippen molar-refractivity contribution < 1.29 is 13.2 Å². The Labute approximate surface area is 123 Å². The van der Waals surface area contributed by atoms with Crippen molar-refractivity contribution in [3.63, 3.8) is 0 Å². The summed E-state index contributed by atoms with van der Waals surface area (Å²) >= 11 is 3.43. The van der Waals surface area contributed by atoms with E-state index in [4.69, 9.17) is 0 Å². The summed E-state index contributed by atoms with van der Waals surface area (Å²) in [5.41, 5.74) is 1.93. The van der Waals surface area contributed by atoms with Crippen molar-refractivity contribution >= 4 is 21.6 Å². The highest BCUT2D eigenvalue weighted by atomic mass is 79.9. The minimum Gasteiger partial charge on any atom is -0.381 e. The molecule has 0 aliphatic carbocycles. The largest absolute Gasteiger partial charge is 0.416 e. The van der Waals surface area contributed by atoms with Crippen LogP contribution in [0.2, 0.25) is 0 Å². The van der Waals surface area contributed by atoms with Crippen LogP contribution < -0.4 is 5.32 Å². The van der Waals surface area contributed by atoms with E-state index < -0.39 is 11.7 Å². The Morgan fingerprint density at radius 1 is 1.10 bits per heavy atom. The number of rotatable bonds is 3. The van der Waals surface area contributed by atoms with Gasteiger partial charge >= 0.3 is 6.18 Å². The number of hydrogen-bond donors (Lipinski definition) is 1. The monoisotopic (exact) mass is 343 g/mol. The maximum atomic E-state index is 12.6. The lowest BCUT2D eigenvalue weighted by Crippen LogP contribution is -2.06. The highest BCUT2D eigenvalue weighted by Gasteiger charge is 2.30. The van der Waals surface area contributed by atoms with E-state index in [1.54, 1.807) is 6.07 Å². The molecular formula is C15H13BrF3N. The van der Waals surface area contributed by atoms with Gasteiger partial charge in [0.1, 0.15) is 0 Å². The first-order valence-corrected chi connectivity index (χ1v) is 6.82. The number of benzene rings is 2. The molecule has 5 heteroatoms. The zero-order chi connectivity index (χ0) is 14.8. The van der Waals surface area contributed by atoms with Gasteiger partial charge in [0, 0.05) is 16.7 Å². The molecule has 20 heavy (non-hydrogen) atoms. The molecule has 0 fully saturated rings. The second kappa shape index (κ2) is 5.87. The molecule has 2 aromatic carbocycles. The first-order chi connectivity index (χ1) is 9.36. The van der Waals surface area contributed by atoms with Crippen LogP contribution in [0.5, 0.6) is 0 Å². The Balaban J connectivity index is 2.09. The Morgan fingerprint density at radius 3 is 2.50 bits per heavy atom. The van der Waals surface area contributed by atoms with Gasteiger partial charge in [-0.15, -0.1) is 0 Å². The van der Waals surface area contributed by atoms with E-state index in [2.05, 4.69) is 21.2 Å². The molecule has 1 nitrogen and oxygen atoms in total. The molecular weight excluding hydrogens is 331 g/mol. The van der Waals surface area contributed by atoms with Gasteiger partial charge in [-0.25, -0.2) is 0 Å². The first kappa shape index (κ1) is 14.9. The summed E-state index contributed by atoms with van der Waals surface area (Å²) in [6, 6.07) is 11.1. The predicted molar refractivity (Wildman–Crippen MR) is 77.6 cm³/mol. The van der Waals surface area contributed by atoms with E-state index in [1.165, 1.54) is 6.07 Å². The third-order valence-corrected chi connectivity index (χ3v) is 3.78. The second-order valence-electron chi connectivity index (χ2n) is 4.52. The normalized spacial score (nSPS) is 11.4. The number of anilines is 1. The third kappa shape index (κ3) is 3.76. The fraction of sp³-hybridized carbons (Fsp3) is 0.200. The zero-order valence-electron chi connectivity index (χ0n) is 10.8. The maximum absolute atomic E-state index is 12.6. The Bertz CT molecular complexity index is 608. The summed E-state index contributed by atoms with van der Waals surface area (Å²) in [6.07, 6.45) is -4.31. The van der Waals surface area contributed by atoms with Crippen molar-refractivity contribution in [1.29, 1.82) is 0 Å². The average molecular weight is 344 g/mol. The number of aryl methyl sites for hydroxylation is 1. The maximum Gasteiger partial charge on any atom is 0.416 e. The van der Waals surface area contributed by atoms with E-state index in [1.807, 2.05) is 25.1 Å². The Morgan fingerprint density at radius 2 is 1.85 bits per heavy atom. The van der Waals surface area contributed by atoms with Crippen LogP contribution in [0.25, 0.3) is 0 Å². The summed E-state index contributed by atoms with van der Waals surface area (Å²) in [5.74, 6) is 0. The minimum absolute atomic E-state index is 0.455. The van der Waals surface area contributed by atoms with Gasteiger partial charge in [-0.1, -0.05) is 34.1 Å². The molecule has 0 saturated heterocycles. The molecule has 2 rings (SSSR count). The molecule has 0 amide bonds. The molecule has 0 radical (unpaired) electrons. The highest BCUT2D eigenvalue weighted by molar-refractivity contribution is 9.10. The molecule has 2 aromatic rings. The zero-order valence-corrected chi connectivity index (χ0v) is 12.3. The lowest BCUT2D eigenvalue weighted by molar-refractivity contribution is -0.137. The van der Waals surface area contributed by atoms with Gasteiger partial charge in [0.25, 0.3) is 0 Å². The van der Waals surface area contributed by atoms with Crippen molar-refractivity contribution in [3.8, 4) is 0 Å². The lowest BCUT2D eigenvalue weighted by Gasteiger charge is -2.11. The van der Waals surface area contributed by atoms with Gasteiger partial charge in [0.2, 0.25) is 0 Å². The summed E-state index contributed by atoms with van der Waals surface area (Å²) in [5, 5.41) is 3.00. The topological polar surface area (TPSA) is 12.0 Å². The number of hydrogen-bond acceptors (Lipinski definition) is 1. The highest BCUT2D eigenvalue weighted by Crippen LogP contribution is 2.30. The summed E-state index contributed by atoms with van der Waals surface area (Å²) in [6.45, 7) is 2.45. The van der Waals surface area contributed by atoms with E-state index in [-0.39, 0.29) is 0 Å². The van der Waals surface area contributed by atoms with E-state index in [0.717, 1.165) is 27.7 Å². The van der Waals surface area contributed by atoms with E-state index in [0.29, 0.717) is 12.2 Å². The molecule has 0 saturated carbocycles. The molecule has 0 atom stereocenters. The van der Waals surface area contributed by atoms with Gasteiger partial charge in [-0.05, 0) is 42.3 Å². The van der Waals surface area contributed by atoms with Crippen LogP contribution in [0.3, 0.4) is 0 Å². The smallest absolute Gasteiger partial charge is 0.381 e. The van der Waals surface area contributed by atoms with Gasteiger partial charge < -0.3 is 5.32 Å². The standard InChI is InChI=1S/C15H13BrF3N/c1-10-5-6-11(7-14(10)16)9-20-13-4-2-3-12(8-13)15(17,18)19/h2-8,20H,9H2,1H3. The molecule has 106 valence electrons. The van der Waals surface area contributed by atoms with Crippen LogP contribution in [-0.4, -0.2) is 0 Å². The van der Waals surface area contributed by atoms with Crippen LogP contribution >= 0.6 is 15.9 Å². The average Bonchev–Trinajstić information content (AvgIpc) is 2.39. The molecule has 0 heterocycles. The molecule has 0 unspecified atom stereocenters. The molecule has 0 aromatic heterocycles. The molecule has 0 spiro atoms. The molecule has 0 aliphatic heterocycles. The number of halogens is 4. The second-order valence-corrected chi connectivity index (χ2v) is 5.37. The van der Waals surface area contributed by atoms with E-state index in [9.17, 15) is 13.2 Å². The number of alkyl halides is 3. The van der Waals surface area contributed by atoms with Crippen molar-refractivity contribution in [2.75, 3.05) is 5.32 Å². The first-order valence-electron chi connectivity index (χ1n) is 6.02. The van der Waals surface area contributed by atoms with Crippen molar-refractivity contribution in [2.45, 2.75) is 19.6 Å². The quantitative estimate of drug-likeness (QED) is 0.787. The Kier molecular flexibility index (Phi) is 4.38. The van der Waals surface area contributed by atoms with Crippen LogP contribution in [-0.2, 0) is 12.7 Å². The van der Waals surface area contributed by atoms with Gasteiger partial charge in [-0.3, -0.25) is 0 Å². The van der Waals surface area contributed by atoms with Gasteiger partial charge in [-0.2, -0.15) is 13.2 Å². The van der Waals surface area contributed by atoms with Crippen LogP contribution in [0.1, 0.15) is 16.7 Å². The lowest BCUT2D eigenvalue weighted by atomic mass is 10.1. The van der Waals surface area contributed by atoms with Crippen molar-refractivity contribution in [2.24, 2.45) is 0 Å². The summed E-state index contributed by atoms with van der Waals surface area (Å²) in [7, 11) is 0. The predicted octanol–water partition coefficient (Wildman–Crippen LogP) is 5.39. The molecule has 0 aliphatic rings. The molecule has 0 bridgehead atoms. The van der Waals surface area contributed by atoms with Crippen LogP contribution in [0.4, 0.5) is 18.9 Å². The van der Waals surface area contributed by atoms with E-state index >= 15 is 0 Å². The van der Waals surface area contributed by atoms with Crippen LogP contribution in [0, 0.1) is 6.92 Å². The van der Waals surface area contributed by atoms with Crippen LogP contribution in [0.15, 0.2) is 46.9 Å². The van der Waals surface area contributed by atoms with Crippen molar-refractivity contribution in [3.05, 3.63) is 63.6 Å². The summed E-state index contributed by atoms with van der Waals surface area (Å²) < 4.78 is 38.8. The van der Waals surface area contributed by atoms with Crippen molar-refractivity contribution in [1.82, 2.24) is 0 Å². The Hall–Kier alpha value is -1.49. The fourth-order valence-electron chi connectivity index (χ4n) is 1.76. The van der Waals surface area contributed by atoms with Gasteiger partial charge in [0.15, 0.2) is 0 Å². The molecule has 1 N–H and O–H groups in total. The SMILES string of the molecule is Cc1ccc(CNc2cccc(C(F)(F)F)c2)cc1Br. The number of nitrogens with one attached hydrogen (secondary N) is 1.